The quantitative estimate of drug-likeness (QED) is 0.854. The van der Waals surface area contributed by atoms with Gasteiger partial charge in [-0.25, -0.2) is 4.79 Å². The first-order valence-corrected chi connectivity index (χ1v) is 8.95. The summed E-state index contributed by atoms with van der Waals surface area (Å²) in [5.41, 5.74) is 6.23. The average Bonchev–Trinajstić information content (AvgIpc) is 3.03. The van der Waals surface area contributed by atoms with E-state index in [1.54, 1.807) is 17.0 Å². The molecular weight excluding hydrogens is 356 g/mol. The van der Waals surface area contributed by atoms with Crippen molar-refractivity contribution in [2.75, 3.05) is 6.54 Å². The first-order valence-electron chi connectivity index (χ1n) is 8.57. The third kappa shape index (κ3) is 4.34. The van der Waals surface area contributed by atoms with Gasteiger partial charge in [-0.05, 0) is 57.9 Å². The molecule has 0 aliphatic carbocycles. The van der Waals surface area contributed by atoms with Crippen molar-refractivity contribution in [1.82, 2.24) is 15.1 Å². The molecule has 0 spiro atoms. The van der Waals surface area contributed by atoms with Crippen LogP contribution in [0.1, 0.15) is 45.5 Å². The van der Waals surface area contributed by atoms with Crippen LogP contribution in [0.2, 0.25) is 5.02 Å². The summed E-state index contributed by atoms with van der Waals surface area (Å²) in [4.78, 5) is 14.2. The maximum absolute atomic E-state index is 12.6. The third-order valence-corrected chi connectivity index (χ3v) is 4.32. The van der Waals surface area contributed by atoms with Crippen LogP contribution < -0.4 is 5.73 Å². The van der Waals surface area contributed by atoms with Crippen LogP contribution in [-0.4, -0.2) is 39.4 Å². The molecule has 1 fully saturated rings. The Morgan fingerprint density at radius 1 is 1.27 bits per heavy atom. The molecule has 1 aromatic heterocycles. The van der Waals surface area contributed by atoms with Crippen molar-refractivity contribution in [3.05, 3.63) is 35.2 Å². The Balaban J connectivity index is 1.83. The smallest absolute Gasteiger partial charge is 0.411 e. The number of benzene rings is 1. The number of carbonyl (C=O) groups is 1. The van der Waals surface area contributed by atoms with Crippen LogP contribution in [0.4, 0.5) is 4.79 Å². The van der Waals surface area contributed by atoms with Gasteiger partial charge in [0.15, 0.2) is 0 Å². The monoisotopic (exact) mass is 378 g/mol. The molecule has 26 heavy (non-hydrogen) atoms. The van der Waals surface area contributed by atoms with Gasteiger partial charge < -0.3 is 14.9 Å². The summed E-state index contributed by atoms with van der Waals surface area (Å²) in [5.74, 6) is 0.767. The normalized spacial score (nSPS) is 20.9. The Morgan fingerprint density at radius 2 is 1.96 bits per heavy atom. The van der Waals surface area contributed by atoms with E-state index >= 15 is 0 Å². The molecule has 140 valence electrons. The summed E-state index contributed by atoms with van der Waals surface area (Å²) < 4.78 is 11.3. The highest BCUT2D eigenvalue weighted by Crippen LogP contribution is 2.32. The zero-order valence-corrected chi connectivity index (χ0v) is 15.9. The molecule has 3 rings (SSSR count). The molecule has 2 atom stereocenters. The molecule has 1 aromatic carbocycles. The number of nitrogens with zero attached hydrogens (tertiary/aromatic N) is 3. The van der Waals surface area contributed by atoms with Gasteiger partial charge in [-0.2, -0.15) is 0 Å². The van der Waals surface area contributed by atoms with E-state index in [9.17, 15) is 4.79 Å². The Hall–Kier alpha value is -2.12. The lowest BCUT2D eigenvalue weighted by Gasteiger charge is -2.37. The Morgan fingerprint density at radius 3 is 2.62 bits per heavy atom. The van der Waals surface area contributed by atoms with E-state index in [0.717, 1.165) is 12.0 Å². The van der Waals surface area contributed by atoms with Crippen molar-refractivity contribution in [3.63, 3.8) is 0 Å². The summed E-state index contributed by atoms with van der Waals surface area (Å²) >= 11 is 5.91. The zero-order valence-electron chi connectivity index (χ0n) is 15.1. The van der Waals surface area contributed by atoms with Crippen molar-refractivity contribution < 1.29 is 13.9 Å². The molecule has 8 heteroatoms. The molecule has 2 aromatic rings. The van der Waals surface area contributed by atoms with Crippen LogP contribution in [0, 0.1) is 0 Å². The van der Waals surface area contributed by atoms with Crippen LogP contribution >= 0.6 is 11.6 Å². The Kier molecular flexibility index (Phi) is 5.20. The van der Waals surface area contributed by atoms with E-state index in [4.69, 9.17) is 26.5 Å². The molecule has 1 saturated heterocycles. The number of piperidine rings is 1. The van der Waals surface area contributed by atoms with E-state index in [1.807, 2.05) is 32.9 Å². The number of carbonyl (C=O) groups excluding carboxylic acids is 1. The zero-order chi connectivity index (χ0) is 18.9. The average molecular weight is 379 g/mol. The van der Waals surface area contributed by atoms with Gasteiger partial charge >= 0.3 is 6.09 Å². The van der Waals surface area contributed by atoms with Gasteiger partial charge in [-0.15, -0.1) is 10.2 Å². The molecule has 0 saturated carbocycles. The molecule has 2 N–H and O–H groups in total. The fourth-order valence-corrected chi connectivity index (χ4v) is 2.98. The third-order valence-electron chi connectivity index (χ3n) is 4.06. The second kappa shape index (κ2) is 7.25. The van der Waals surface area contributed by atoms with Crippen molar-refractivity contribution in [3.8, 4) is 11.5 Å². The standard InChI is InChI=1S/C18H23ClN4O3/c1-18(2,3)26-17(24)23-10-13(20)8-9-14(23)16-22-21-15(25-16)11-4-6-12(19)7-5-11/h4-7,13-14H,8-10,20H2,1-3H3/t13-,14+/m0/s1. The van der Waals surface area contributed by atoms with Gasteiger partial charge in [-0.3, -0.25) is 4.90 Å². The Bertz CT molecular complexity index is 769. The second-order valence-electron chi connectivity index (χ2n) is 7.44. The van der Waals surface area contributed by atoms with Crippen molar-refractivity contribution in [1.29, 1.82) is 0 Å². The highest BCUT2D eigenvalue weighted by Gasteiger charge is 2.37. The van der Waals surface area contributed by atoms with E-state index < -0.39 is 11.7 Å². The number of hydrogen-bond donors (Lipinski definition) is 1. The molecule has 0 radical (unpaired) electrons. The largest absolute Gasteiger partial charge is 0.444 e. The lowest BCUT2D eigenvalue weighted by atomic mass is 9.99. The van der Waals surface area contributed by atoms with Crippen LogP contribution in [-0.2, 0) is 4.74 Å². The first kappa shape index (κ1) is 18.7. The number of ether oxygens (including phenoxy) is 1. The van der Waals surface area contributed by atoms with Gasteiger partial charge in [0.1, 0.15) is 11.6 Å². The number of halogens is 1. The predicted octanol–water partition coefficient (Wildman–Crippen LogP) is 3.79. The number of nitrogens with two attached hydrogens (primary N) is 1. The van der Waals surface area contributed by atoms with E-state index in [2.05, 4.69) is 10.2 Å². The molecule has 0 bridgehead atoms. The van der Waals surface area contributed by atoms with Gasteiger partial charge in [0.05, 0.1) is 0 Å². The molecule has 0 unspecified atom stereocenters. The molecular formula is C18H23ClN4O3. The number of likely N-dealkylation sites (tertiary alicyclic amines) is 1. The molecule has 7 nitrogen and oxygen atoms in total. The van der Waals surface area contributed by atoms with Gasteiger partial charge in [0.2, 0.25) is 11.8 Å². The SMILES string of the molecule is CC(C)(C)OC(=O)N1C[C@@H](N)CC[C@@H]1c1nnc(-c2ccc(Cl)cc2)o1. The summed E-state index contributed by atoms with van der Waals surface area (Å²) in [6.45, 7) is 5.87. The van der Waals surface area contributed by atoms with Gasteiger partial charge in [0.25, 0.3) is 0 Å². The maximum Gasteiger partial charge on any atom is 0.411 e. The van der Waals surface area contributed by atoms with Crippen molar-refractivity contribution in [2.45, 2.75) is 51.3 Å². The minimum Gasteiger partial charge on any atom is -0.444 e. The van der Waals surface area contributed by atoms with E-state index in [0.29, 0.717) is 29.8 Å². The van der Waals surface area contributed by atoms with Crippen LogP contribution in [0.5, 0.6) is 0 Å². The summed E-state index contributed by atoms with van der Waals surface area (Å²) in [6, 6.07) is 6.68. The van der Waals surface area contributed by atoms with Gasteiger partial charge in [-0.1, -0.05) is 11.6 Å². The molecule has 2 heterocycles. The number of hydrogen-bond acceptors (Lipinski definition) is 6. The number of aromatic nitrogens is 2. The highest BCUT2D eigenvalue weighted by atomic mass is 35.5. The molecule has 1 amide bonds. The fraction of sp³-hybridized carbons (Fsp3) is 0.500. The lowest BCUT2D eigenvalue weighted by Crippen LogP contribution is -2.49. The lowest BCUT2D eigenvalue weighted by molar-refractivity contribution is 0.00380. The van der Waals surface area contributed by atoms with Crippen LogP contribution in [0.3, 0.4) is 0 Å². The minimum atomic E-state index is -0.591. The summed E-state index contributed by atoms with van der Waals surface area (Å²) in [7, 11) is 0. The maximum atomic E-state index is 12.6. The first-order chi connectivity index (χ1) is 12.2. The highest BCUT2D eigenvalue weighted by molar-refractivity contribution is 6.30. The van der Waals surface area contributed by atoms with Crippen molar-refractivity contribution in [2.24, 2.45) is 5.73 Å². The molecule has 1 aliphatic heterocycles. The fourth-order valence-electron chi connectivity index (χ4n) is 2.86. The van der Waals surface area contributed by atoms with E-state index in [1.165, 1.54) is 0 Å². The second-order valence-corrected chi connectivity index (χ2v) is 7.87. The van der Waals surface area contributed by atoms with Crippen molar-refractivity contribution >= 4 is 17.7 Å². The van der Waals surface area contributed by atoms with Crippen LogP contribution in [0.25, 0.3) is 11.5 Å². The molecule has 1 aliphatic rings. The van der Waals surface area contributed by atoms with Gasteiger partial charge in [0, 0.05) is 23.2 Å². The number of amides is 1. The predicted molar refractivity (Wildman–Crippen MR) is 97.6 cm³/mol. The Labute approximate surface area is 157 Å². The summed E-state index contributed by atoms with van der Waals surface area (Å²) in [5, 5.41) is 8.89. The van der Waals surface area contributed by atoms with Crippen LogP contribution in [0.15, 0.2) is 28.7 Å². The topological polar surface area (TPSA) is 94.5 Å². The summed E-state index contributed by atoms with van der Waals surface area (Å²) in [6.07, 6.45) is 0.981. The minimum absolute atomic E-state index is 0.0996. The number of rotatable bonds is 2. The van der Waals surface area contributed by atoms with E-state index in [-0.39, 0.29) is 12.1 Å².